The highest BCUT2D eigenvalue weighted by Crippen LogP contribution is 2.26. The van der Waals surface area contributed by atoms with Gasteiger partial charge in [0.25, 0.3) is 11.8 Å². The highest BCUT2D eigenvalue weighted by Gasteiger charge is 2.26. The van der Waals surface area contributed by atoms with Gasteiger partial charge in [0.1, 0.15) is 11.5 Å². The fraction of sp³-hybridized carbons (Fsp3) is 0.300. The van der Waals surface area contributed by atoms with Crippen LogP contribution in [0.5, 0.6) is 11.5 Å². The lowest BCUT2D eigenvalue weighted by molar-refractivity contribution is 0.0535. The molecule has 2 amide bonds. The number of hydrogen-bond acceptors (Lipinski definition) is 4. The van der Waals surface area contributed by atoms with Gasteiger partial charge in [-0.05, 0) is 52.3 Å². The molecule has 3 rings (SSSR count). The summed E-state index contributed by atoms with van der Waals surface area (Å²) in [6.07, 6.45) is 0. The quantitative estimate of drug-likeness (QED) is 0.744. The number of carbonyl (C=O) groups is 2. The average Bonchev–Trinajstić information content (AvgIpc) is 2.72. The average molecular weight is 433 g/mol. The minimum absolute atomic E-state index is 0.0480. The highest BCUT2D eigenvalue weighted by atomic mass is 79.9. The minimum Gasteiger partial charge on any atom is -0.497 e. The van der Waals surface area contributed by atoms with Crippen molar-refractivity contribution >= 4 is 27.7 Å². The van der Waals surface area contributed by atoms with Crippen LogP contribution in [0.2, 0.25) is 0 Å². The summed E-state index contributed by atoms with van der Waals surface area (Å²) in [5.41, 5.74) is 1.18. The summed E-state index contributed by atoms with van der Waals surface area (Å²) in [6.45, 7) is 1.99. The molecule has 6 nitrogen and oxygen atoms in total. The van der Waals surface area contributed by atoms with Gasteiger partial charge in [-0.3, -0.25) is 9.59 Å². The van der Waals surface area contributed by atoms with Crippen LogP contribution < -0.4 is 9.47 Å². The number of methoxy groups -OCH3 is 2. The Labute approximate surface area is 166 Å². The fourth-order valence-corrected chi connectivity index (χ4v) is 3.57. The van der Waals surface area contributed by atoms with Crippen LogP contribution >= 0.6 is 15.9 Å². The molecule has 2 aromatic rings. The Hall–Kier alpha value is -2.54. The van der Waals surface area contributed by atoms with E-state index in [1.165, 1.54) is 0 Å². The molecule has 1 aliphatic heterocycles. The zero-order valence-corrected chi connectivity index (χ0v) is 16.9. The van der Waals surface area contributed by atoms with Crippen molar-refractivity contribution < 1.29 is 19.1 Å². The normalized spacial score (nSPS) is 14.0. The number of ether oxygens (including phenoxy) is 2. The molecule has 0 N–H and O–H groups in total. The summed E-state index contributed by atoms with van der Waals surface area (Å²) in [6, 6.07) is 12.4. The van der Waals surface area contributed by atoms with Crippen LogP contribution in [0.3, 0.4) is 0 Å². The van der Waals surface area contributed by atoms with Crippen molar-refractivity contribution in [2.75, 3.05) is 40.4 Å². The van der Waals surface area contributed by atoms with Crippen LogP contribution in [0.15, 0.2) is 46.9 Å². The van der Waals surface area contributed by atoms with Crippen molar-refractivity contribution in [1.82, 2.24) is 9.80 Å². The standard InChI is InChI=1S/C20H21BrN2O4/c1-26-16-5-3-4-14(12-16)19(24)22-8-10-23(11-9-22)20(25)15-6-7-18(27-2)17(21)13-15/h3-7,12-13H,8-11H2,1-2H3. The summed E-state index contributed by atoms with van der Waals surface area (Å²) in [4.78, 5) is 28.9. The highest BCUT2D eigenvalue weighted by molar-refractivity contribution is 9.10. The molecular weight excluding hydrogens is 412 g/mol. The number of piperazine rings is 1. The lowest BCUT2D eigenvalue weighted by Gasteiger charge is -2.35. The first kappa shape index (κ1) is 19.2. The molecule has 7 heteroatoms. The van der Waals surface area contributed by atoms with E-state index < -0.39 is 0 Å². The third kappa shape index (κ3) is 4.24. The first-order valence-electron chi connectivity index (χ1n) is 8.59. The number of benzene rings is 2. The molecule has 0 radical (unpaired) electrons. The molecule has 1 aliphatic rings. The first-order valence-corrected chi connectivity index (χ1v) is 9.39. The Morgan fingerprint density at radius 2 is 1.44 bits per heavy atom. The third-order valence-corrected chi connectivity index (χ3v) is 5.19. The second-order valence-corrected chi connectivity index (χ2v) is 7.02. The number of halogens is 1. The number of rotatable bonds is 4. The third-order valence-electron chi connectivity index (χ3n) is 4.57. The van der Waals surface area contributed by atoms with Crippen LogP contribution in [0, 0.1) is 0 Å². The Kier molecular flexibility index (Phi) is 6.01. The van der Waals surface area contributed by atoms with E-state index in [9.17, 15) is 9.59 Å². The SMILES string of the molecule is COc1cccc(C(=O)N2CCN(C(=O)c3ccc(OC)c(Br)c3)CC2)c1. The van der Waals surface area contributed by atoms with Gasteiger partial charge in [-0.2, -0.15) is 0 Å². The Morgan fingerprint density at radius 3 is 1.96 bits per heavy atom. The molecule has 1 heterocycles. The number of nitrogens with zero attached hydrogens (tertiary/aromatic N) is 2. The molecule has 0 aromatic heterocycles. The summed E-state index contributed by atoms with van der Waals surface area (Å²) in [5.74, 6) is 1.24. The second kappa shape index (κ2) is 8.43. The molecule has 0 aliphatic carbocycles. The van der Waals surface area contributed by atoms with Gasteiger partial charge >= 0.3 is 0 Å². The van der Waals surface area contributed by atoms with Crippen molar-refractivity contribution in [1.29, 1.82) is 0 Å². The summed E-state index contributed by atoms with van der Waals surface area (Å²) in [5, 5.41) is 0. The molecule has 0 saturated carbocycles. The van der Waals surface area contributed by atoms with E-state index in [1.807, 2.05) is 0 Å². The molecule has 0 atom stereocenters. The van der Waals surface area contributed by atoms with Gasteiger partial charge in [-0.15, -0.1) is 0 Å². The lowest BCUT2D eigenvalue weighted by atomic mass is 10.1. The van der Waals surface area contributed by atoms with E-state index >= 15 is 0 Å². The van der Waals surface area contributed by atoms with Gasteiger partial charge in [0.05, 0.1) is 18.7 Å². The van der Waals surface area contributed by atoms with Crippen LogP contribution in [-0.4, -0.2) is 62.0 Å². The summed E-state index contributed by atoms with van der Waals surface area (Å²) >= 11 is 3.41. The molecule has 0 unspecified atom stereocenters. The molecular formula is C20H21BrN2O4. The molecule has 1 saturated heterocycles. The van der Waals surface area contributed by atoms with Gasteiger partial charge in [0, 0.05) is 37.3 Å². The molecule has 2 aromatic carbocycles. The number of amides is 2. The monoisotopic (exact) mass is 432 g/mol. The fourth-order valence-electron chi connectivity index (χ4n) is 3.03. The van der Waals surface area contributed by atoms with Crippen molar-refractivity contribution in [3.8, 4) is 11.5 Å². The van der Waals surface area contributed by atoms with E-state index in [-0.39, 0.29) is 11.8 Å². The van der Waals surface area contributed by atoms with E-state index in [2.05, 4.69) is 15.9 Å². The van der Waals surface area contributed by atoms with Crippen LogP contribution in [-0.2, 0) is 0 Å². The Bertz CT molecular complexity index is 848. The molecule has 27 heavy (non-hydrogen) atoms. The molecule has 0 bridgehead atoms. The van der Waals surface area contributed by atoms with Crippen molar-refractivity contribution in [3.05, 3.63) is 58.1 Å². The van der Waals surface area contributed by atoms with Gasteiger partial charge < -0.3 is 19.3 Å². The maximum Gasteiger partial charge on any atom is 0.254 e. The molecule has 0 spiro atoms. The smallest absolute Gasteiger partial charge is 0.254 e. The zero-order valence-electron chi connectivity index (χ0n) is 15.3. The van der Waals surface area contributed by atoms with E-state index in [0.29, 0.717) is 48.8 Å². The van der Waals surface area contributed by atoms with Crippen molar-refractivity contribution in [2.24, 2.45) is 0 Å². The second-order valence-electron chi connectivity index (χ2n) is 6.17. The van der Waals surface area contributed by atoms with Crippen LogP contribution in [0.1, 0.15) is 20.7 Å². The van der Waals surface area contributed by atoms with E-state index in [1.54, 1.807) is 66.5 Å². The minimum atomic E-state index is -0.0492. The van der Waals surface area contributed by atoms with Crippen LogP contribution in [0.4, 0.5) is 0 Å². The van der Waals surface area contributed by atoms with Crippen LogP contribution in [0.25, 0.3) is 0 Å². The van der Waals surface area contributed by atoms with E-state index in [4.69, 9.17) is 9.47 Å². The summed E-state index contributed by atoms with van der Waals surface area (Å²) in [7, 11) is 3.16. The maximum absolute atomic E-state index is 12.7. The van der Waals surface area contributed by atoms with Gasteiger partial charge in [0.2, 0.25) is 0 Å². The predicted molar refractivity (Wildman–Crippen MR) is 105 cm³/mol. The topological polar surface area (TPSA) is 59.1 Å². The molecule has 142 valence electrons. The number of carbonyl (C=O) groups excluding carboxylic acids is 2. The van der Waals surface area contributed by atoms with Crippen molar-refractivity contribution in [2.45, 2.75) is 0 Å². The predicted octanol–water partition coefficient (Wildman–Crippen LogP) is 3.06. The summed E-state index contributed by atoms with van der Waals surface area (Å²) < 4.78 is 11.1. The largest absolute Gasteiger partial charge is 0.497 e. The first-order chi connectivity index (χ1) is 13.0. The maximum atomic E-state index is 12.7. The van der Waals surface area contributed by atoms with E-state index in [0.717, 1.165) is 4.47 Å². The Morgan fingerprint density at radius 1 is 0.852 bits per heavy atom. The van der Waals surface area contributed by atoms with Gasteiger partial charge in [-0.1, -0.05) is 6.07 Å². The van der Waals surface area contributed by atoms with Gasteiger partial charge in [0.15, 0.2) is 0 Å². The van der Waals surface area contributed by atoms with Crippen molar-refractivity contribution in [3.63, 3.8) is 0 Å². The number of hydrogen-bond donors (Lipinski definition) is 0. The molecule has 1 fully saturated rings. The zero-order chi connectivity index (χ0) is 19.4. The Balaban J connectivity index is 1.63. The van der Waals surface area contributed by atoms with Gasteiger partial charge in [-0.25, -0.2) is 0 Å². The lowest BCUT2D eigenvalue weighted by Crippen LogP contribution is -2.50.